The standard InChI is InChI=1S/C21H30O11/c1-4-7-15(24)29-13-12-28-21(32-18(27)11-10-14(22)23)20(31-17(26)9-6-3)19(13)30-16(25)8-5-2/h10-11,13,19-21H,4-9,12H2,1-3H3,(H,22,23)/b11-10+/t13-,19-,20+,21+/m0/s1. The van der Waals surface area contributed by atoms with Gasteiger partial charge in [0.2, 0.25) is 12.4 Å². The van der Waals surface area contributed by atoms with Gasteiger partial charge in [-0.15, -0.1) is 0 Å². The lowest BCUT2D eigenvalue weighted by molar-refractivity contribution is -0.274. The van der Waals surface area contributed by atoms with Crippen LogP contribution in [0.15, 0.2) is 12.2 Å². The van der Waals surface area contributed by atoms with Crippen molar-refractivity contribution in [2.24, 2.45) is 0 Å². The van der Waals surface area contributed by atoms with E-state index in [1.807, 2.05) is 0 Å². The van der Waals surface area contributed by atoms with Gasteiger partial charge < -0.3 is 28.8 Å². The van der Waals surface area contributed by atoms with E-state index in [0.717, 1.165) is 0 Å². The summed E-state index contributed by atoms with van der Waals surface area (Å²) in [4.78, 5) is 59.0. The number of carboxylic acid groups (broad SMARTS) is 1. The SMILES string of the molecule is CCCC(=O)O[C@@H]1[C@@H](OC(=O)CCC)[C@@H](OC(=O)/C=C/C(=O)O)OC[C@@H]1OC(=O)CCC. The van der Waals surface area contributed by atoms with Crippen LogP contribution in [0, 0.1) is 0 Å². The molecule has 11 heteroatoms. The summed E-state index contributed by atoms with van der Waals surface area (Å²) in [6, 6.07) is 0. The van der Waals surface area contributed by atoms with Gasteiger partial charge in [0.15, 0.2) is 12.2 Å². The first-order chi connectivity index (χ1) is 15.2. The number of hydrogen-bond donors (Lipinski definition) is 1. The molecule has 180 valence electrons. The van der Waals surface area contributed by atoms with E-state index in [-0.39, 0.29) is 25.9 Å². The largest absolute Gasteiger partial charge is 0.478 e. The van der Waals surface area contributed by atoms with Crippen molar-refractivity contribution in [2.45, 2.75) is 83.9 Å². The predicted molar refractivity (Wildman–Crippen MR) is 107 cm³/mol. The molecule has 1 fully saturated rings. The molecule has 0 aromatic heterocycles. The molecule has 1 heterocycles. The molecule has 0 radical (unpaired) electrons. The van der Waals surface area contributed by atoms with Crippen LogP contribution in [0.3, 0.4) is 0 Å². The van der Waals surface area contributed by atoms with Gasteiger partial charge in [-0.05, 0) is 19.3 Å². The highest BCUT2D eigenvalue weighted by atomic mass is 16.7. The molecule has 0 aromatic carbocycles. The van der Waals surface area contributed by atoms with E-state index in [4.69, 9.17) is 28.8 Å². The number of ether oxygens (including phenoxy) is 5. The first kappa shape index (κ1) is 27.1. The van der Waals surface area contributed by atoms with Gasteiger partial charge in [0.05, 0.1) is 6.61 Å². The second-order valence-electron chi connectivity index (χ2n) is 7.00. The zero-order valence-electron chi connectivity index (χ0n) is 18.4. The maximum atomic E-state index is 12.2. The maximum absolute atomic E-state index is 12.2. The first-order valence-electron chi connectivity index (χ1n) is 10.5. The second-order valence-corrected chi connectivity index (χ2v) is 7.00. The topological polar surface area (TPSA) is 152 Å². The van der Waals surface area contributed by atoms with Crippen LogP contribution in [0.5, 0.6) is 0 Å². The zero-order valence-corrected chi connectivity index (χ0v) is 18.4. The van der Waals surface area contributed by atoms with Crippen molar-refractivity contribution >= 4 is 29.8 Å². The molecule has 11 nitrogen and oxygen atoms in total. The van der Waals surface area contributed by atoms with Gasteiger partial charge in [0.25, 0.3) is 0 Å². The summed E-state index contributed by atoms with van der Waals surface area (Å²) >= 11 is 0. The molecule has 1 saturated heterocycles. The molecular weight excluding hydrogens is 428 g/mol. The molecule has 0 unspecified atom stereocenters. The van der Waals surface area contributed by atoms with Gasteiger partial charge in [-0.1, -0.05) is 20.8 Å². The lowest BCUT2D eigenvalue weighted by atomic mass is 10.0. The van der Waals surface area contributed by atoms with E-state index >= 15 is 0 Å². The Balaban J connectivity index is 3.17. The maximum Gasteiger partial charge on any atom is 0.333 e. The molecule has 0 amide bonds. The number of carbonyl (C=O) groups is 5. The molecule has 1 N–H and O–H groups in total. The monoisotopic (exact) mass is 458 g/mol. The summed E-state index contributed by atoms with van der Waals surface area (Å²) in [6.07, 6.45) is -2.41. The van der Waals surface area contributed by atoms with Crippen LogP contribution in [0.2, 0.25) is 0 Å². The summed E-state index contributed by atoms with van der Waals surface area (Å²) in [5, 5.41) is 8.65. The Morgan fingerprint density at radius 3 is 1.78 bits per heavy atom. The molecule has 1 aliphatic heterocycles. The molecule has 0 bridgehead atoms. The third kappa shape index (κ3) is 9.46. The van der Waals surface area contributed by atoms with Gasteiger partial charge in [0.1, 0.15) is 0 Å². The Morgan fingerprint density at radius 2 is 1.28 bits per heavy atom. The minimum absolute atomic E-state index is 0.0337. The summed E-state index contributed by atoms with van der Waals surface area (Å²) in [7, 11) is 0. The van der Waals surface area contributed by atoms with Crippen LogP contribution < -0.4 is 0 Å². The van der Waals surface area contributed by atoms with Crippen molar-refractivity contribution in [1.82, 2.24) is 0 Å². The van der Waals surface area contributed by atoms with E-state index in [2.05, 4.69) is 0 Å². The smallest absolute Gasteiger partial charge is 0.333 e. The Hall–Kier alpha value is -2.95. The number of rotatable bonds is 12. The number of hydrogen-bond acceptors (Lipinski definition) is 10. The normalized spacial score (nSPS) is 22.7. The highest BCUT2D eigenvalue weighted by Gasteiger charge is 2.49. The summed E-state index contributed by atoms with van der Waals surface area (Å²) in [5.41, 5.74) is 0. The average Bonchev–Trinajstić information content (AvgIpc) is 2.71. The van der Waals surface area contributed by atoms with Crippen LogP contribution in [-0.4, -0.2) is 66.2 Å². The number of esters is 4. The molecule has 0 aliphatic carbocycles. The quantitative estimate of drug-likeness (QED) is 0.258. The fraction of sp³-hybridized carbons (Fsp3) is 0.667. The highest BCUT2D eigenvalue weighted by molar-refractivity contribution is 5.90. The molecule has 0 spiro atoms. The average molecular weight is 458 g/mol. The van der Waals surface area contributed by atoms with Gasteiger partial charge in [-0.3, -0.25) is 14.4 Å². The molecule has 0 aromatic rings. The molecule has 4 atom stereocenters. The van der Waals surface area contributed by atoms with Crippen molar-refractivity contribution in [3.8, 4) is 0 Å². The van der Waals surface area contributed by atoms with Gasteiger partial charge in [0, 0.05) is 31.4 Å². The van der Waals surface area contributed by atoms with Crippen LogP contribution >= 0.6 is 0 Å². The predicted octanol–water partition coefficient (Wildman–Crippen LogP) is 1.66. The van der Waals surface area contributed by atoms with Crippen molar-refractivity contribution in [3.63, 3.8) is 0 Å². The van der Waals surface area contributed by atoms with Crippen molar-refractivity contribution < 1.29 is 52.8 Å². The lowest BCUT2D eigenvalue weighted by Crippen LogP contribution is -2.58. The fourth-order valence-electron chi connectivity index (χ4n) is 2.77. The molecule has 32 heavy (non-hydrogen) atoms. The van der Waals surface area contributed by atoms with E-state index in [0.29, 0.717) is 31.4 Å². The summed E-state index contributed by atoms with van der Waals surface area (Å²) in [6.45, 7) is 5.00. The van der Waals surface area contributed by atoms with Crippen LogP contribution in [-0.2, 0) is 47.7 Å². The van der Waals surface area contributed by atoms with E-state index in [9.17, 15) is 24.0 Å². The molecule has 0 saturated carbocycles. The lowest BCUT2D eigenvalue weighted by Gasteiger charge is -2.40. The van der Waals surface area contributed by atoms with Crippen LogP contribution in [0.4, 0.5) is 0 Å². The number of aliphatic carboxylic acids is 1. The Bertz CT molecular complexity index is 700. The van der Waals surface area contributed by atoms with Crippen molar-refractivity contribution in [2.75, 3.05) is 6.61 Å². The minimum Gasteiger partial charge on any atom is -0.478 e. The highest BCUT2D eigenvalue weighted by Crippen LogP contribution is 2.26. The zero-order chi connectivity index (χ0) is 24.1. The van der Waals surface area contributed by atoms with E-state index in [1.165, 1.54) is 0 Å². The van der Waals surface area contributed by atoms with Crippen molar-refractivity contribution in [1.29, 1.82) is 0 Å². The third-order valence-electron chi connectivity index (χ3n) is 4.16. The molecular formula is C21H30O11. The first-order valence-corrected chi connectivity index (χ1v) is 10.5. The number of carbonyl (C=O) groups excluding carboxylic acids is 4. The summed E-state index contributed by atoms with van der Waals surface area (Å²) in [5.74, 6) is -4.29. The van der Waals surface area contributed by atoms with Gasteiger partial charge in [-0.25, -0.2) is 9.59 Å². The van der Waals surface area contributed by atoms with Crippen LogP contribution in [0.1, 0.15) is 59.3 Å². The Labute approximate surface area is 186 Å². The third-order valence-corrected chi connectivity index (χ3v) is 4.16. The molecule has 1 rings (SSSR count). The van der Waals surface area contributed by atoms with E-state index < -0.39 is 54.4 Å². The minimum atomic E-state index is -1.51. The van der Waals surface area contributed by atoms with Crippen molar-refractivity contribution in [3.05, 3.63) is 12.2 Å². The fourth-order valence-corrected chi connectivity index (χ4v) is 2.77. The Morgan fingerprint density at radius 1 is 0.781 bits per heavy atom. The van der Waals surface area contributed by atoms with Gasteiger partial charge in [-0.2, -0.15) is 0 Å². The molecule has 1 aliphatic rings. The van der Waals surface area contributed by atoms with E-state index in [1.54, 1.807) is 20.8 Å². The van der Waals surface area contributed by atoms with Gasteiger partial charge >= 0.3 is 29.8 Å². The Kier molecular flexibility index (Phi) is 12.0. The second kappa shape index (κ2) is 14.2. The number of carboxylic acids is 1. The van der Waals surface area contributed by atoms with Crippen LogP contribution in [0.25, 0.3) is 0 Å². The summed E-state index contributed by atoms with van der Waals surface area (Å²) < 4.78 is 26.7.